The molecule has 0 unspecified atom stereocenters. The Bertz CT molecular complexity index is 1010. The summed E-state index contributed by atoms with van der Waals surface area (Å²) >= 11 is 0. The molecule has 0 heterocycles. The van der Waals surface area contributed by atoms with Gasteiger partial charge in [-0.3, -0.25) is 4.79 Å². The first-order chi connectivity index (χ1) is 13.2. The molecule has 0 atom stereocenters. The van der Waals surface area contributed by atoms with E-state index < -0.39 is 34.8 Å². The Labute approximate surface area is 158 Å². The number of ketones is 1. The van der Waals surface area contributed by atoms with Crippen molar-refractivity contribution in [1.82, 2.24) is 0 Å². The van der Waals surface area contributed by atoms with E-state index in [1.54, 1.807) is 30.3 Å². The van der Waals surface area contributed by atoms with Crippen molar-refractivity contribution in [3.05, 3.63) is 77.4 Å². The number of rotatable bonds is 3. The first-order valence-corrected chi connectivity index (χ1v) is 7.82. The van der Waals surface area contributed by atoms with Crippen molar-refractivity contribution >= 4 is 11.8 Å². The average Bonchev–Trinajstić information content (AvgIpc) is 2.70. The van der Waals surface area contributed by atoms with E-state index in [0.717, 1.165) is 6.07 Å². The lowest BCUT2D eigenvalue weighted by atomic mass is 10.0. The average molecular weight is 384 g/mol. The van der Waals surface area contributed by atoms with Crippen LogP contribution in [0.4, 0.5) is 0 Å². The molecule has 0 fully saturated rings. The number of para-hydroxylation sites is 1. The van der Waals surface area contributed by atoms with Crippen LogP contribution in [0.15, 0.2) is 60.7 Å². The van der Waals surface area contributed by atoms with E-state index in [4.69, 9.17) is 10.2 Å². The maximum atomic E-state index is 12.0. The van der Waals surface area contributed by atoms with Crippen LogP contribution in [0.2, 0.25) is 0 Å². The first-order valence-electron chi connectivity index (χ1n) is 7.82. The zero-order valence-electron chi connectivity index (χ0n) is 14.3. The number of phenolic OH excluding ortho intramolecular Hbond substituents is 4. The molecular formula is C20H16O8. The van der Waals surface area contributed by atoms with Gasteiger partial charge in [-0.05, 0) is 18.2 Å². The molecule has 0 saturated heterocycles. The fourth-order valence-corrected chi connectivity index (χ4v) is 2.21. The van der Waals surface area contributed by atoms with Gasteiger partial charge in [0.25, 0.3) is 0 Å². The number of aromatic hydroxyl groups is 5. The summed E-state index contributed by atoms with van der Waals surface area (Å²) < 4.78 is 0. The minimum atomic E-state index is -1.11. The molecule has 6 N–H and O–H groups in total. The third kappa shape index (κ3) is 4.31. The van der Waals surface area contributed by atoms with Crippen LogP contribution in [0.3, 0.4) is 0 Å². The highest BCUT2D eigenvalue weighted by Crippen LogP contribution is 2.44. The van der Waals surface area contributed by atoms with Crippen LogP contribution < -0.4 is 0 Å². The summed E-state index contributed by atoms with van der Waals surface area (Å²) in [5.74, 6) is -5.11. The monoisotopic (exact) mass is 384 g/mol. The van der Waals surface area contributed by atoms with Crippen LogP contribution in [-0.2, 0) is 0 Å². The van der Waals surface area contributed by atoms with E-state index in [0.29, 0.717) is 0 Å². The third-order valence-corrected chi connectivity index (χ3v) is 3.64. The predicted molar refractivity (Wildman–Crippen MR) is 98.0 cm³/mol. The number of hydrogen-bond donors (Lipinski definition) is 6. The lowest BCUT2D eigenvalue weighted by Crippen LogP contribution is -2.01. The van der Waals surface area contributed by atoms with E-state index in [2.05, 4.69) is 0 Å². The number of hydrogen-bond acceptors (Lipinski definition) is 7. The molecule has 3 rings (SSSR count). The molecule has 0 aliphatic rings. The summed E-state index contributed by atoms with van der Waals surface area (Å²) in [4.78, 5) is 22.3. The number of carboxylic acids is 1. The SMILES string of the molecule is O=C(O)c1ccccc1O.O=C(c1ccccc1)c1cc(O)c(O)c(O)c1O. The summed E-state index contributed by atoms with van der Waals surface area (Å²) in [6.07, 6.45) is 0. The molecule has 0 aliphatic heterocycles. The predicted octanol–water partition coefficient (Wildman–Crippen LogP) is 2.83. The number of carbonyl (C=O) groups excluding carboxylic acids is 1. The van der Waals surface area contributed by atoms with Crippen molar-refractivity contribution in [3.8, 4) is 28.7 Å². The molecule has 28 heavy (non-hydrogen) atoms. The smallest absolute Gasteiger partial charge is 0.339 e. The highest BCUT2D eigenvalue weighted by atomic mass is 16.4. The second kappa shape index (κ2) is 8.45. The topological polar surface area (TPSA) is 156 Å². The van der Waals surface area contributed by atoms with Gasteiger partial charge in [0.1, 0.15) is 11.3 Å². The van der Waals surface area contributed by atoms with Crippen LogP contribution in [0.1, 0.15) is 26.3 Å². The standard InChI is InChI=1S/C13H10O5.C7H6O3/c14-9-6-8(11(16)13(18)12(9)17)10(15)7-4-2-1-3-5-7;8-6-4-2-1-3-5(6)7(9)10/h1-6,14,16-18H;1-4,8H,(H,9,10). The molecule has 0 aliphatic carbocycles. The van der Waals surface area contributed by atoms with Crippen LogP contribution >= 0.6 is 0 Å². The number of aromatic carboxylic acids is 1. The Kier molecular flexibility index (Phi) is 6.07. The molecule has 0 amide bonds. The molecule has 0 radical (unpaired) electrons. The summed E-state index contributed by atoms with van der Waals surface area (Å²) in [5.41, 5.74) is -0.0613. The maximum Gasteiger partial charge on any atom is 0.339 e. The third-order valence-electron chi connectivity index (χ3n) is 3.64. The quantitative estimate of drug-likeness (QED) is 0.229. The molecular weight excluding hydrogens is 368 g/mol. The summed E-state index contributed by atoms with van der Waals surface area (Å²) in [7, 11) is 0. The number of carboxylic acid groups (broad SMARTS) is 1. The van der Waals surface area contributed by atoms with Gasteiger partial charge in [0, 0.05) is 5.56 Å². The van der Waals surface area contributed by atoms with Crippen LogP contribution in [0.25, 0.3) is 0 Å². The van der Waals surface area contributed by atoms with Gasteiger partial charge in [-0.15, -0.1) is 0 Å². The summed E-state index contributed by atoms with van der Waals surface area (Å²) in [6, 6.07) is 14.8. The number of carbonyl (C=O) groups is 2. The lowest BCUT2D eigenvalue weighted by molar-refractivity contribution is 0.0693. The van der Waals surface area contributed by atoms with Gasteiger partial charge < -0.3 is 30.6 Å². The molecule has 0 spiro atoms. The zero-order valence-corrected chi connectivity index (χ0v) is 14.3. The van der Waals surface area contributed by atoms with Gasteiger partial charge in [0.05, 0.1) is 5.56 Å². The molecule has 0 saturated carbocycles. The Morgan fingerprint density at radius 1 is 0.607 bits per heavy atom. The van der Waals surface area contributed by atoms with Crippen molar-refractivity contribution in [3.63, 3.8) is 0 Å². The van der Waals surface area contributed by atoms with Crippen molar-refractivity contribution in [2.45, 2.75) is 0 Å². The summed E-state index contributed by atoms with van der Waals surface area (Å²) in [5, 5.41) is 54.8. The van der Waals surface area contributed by atoms with Gasteiger partial charge in [-0.25, -0.2) is 4.79 Å². The first kappa shape index (κ1) is 20.1. The van der Waals surface area contributed by atoms with E-state index in [1.165, 1.54) is 24.3 Å². The number of phenols is 5. The van der Waals surface area contributed by atoms with Crippen LogP contribution in [0.5, 0.6) is 28.7 Å². The van der Waals surface area contributed by atoms with Gasteiger partial charge >= 0.3 is 5.97 Å². The van der Waals surface area contributed by atoms with Crippen molar-refractivity contribution in [2.24, 2.45) is 0 Å². The maximum absolute atomic E-state index is 12.0. The largest absolute Gasteiger partial charge is 0.507 e. The molecule has 0 aromatic heterocycles. The highest BCUT2D eigenvalue weighted by molar-refractivity contribution is 6.11. The fourth-order valence-electron chi connectivity index (χ4n) is 2.21. The van der Waals surface area contributed by atoms with Gasteiger partial charge in [0.15, 0.2) is 17.3 Å². The van der Waals surface area contributed by atoms with E-state index >= 15 is 0 Å². The van der Waals surface area contributed by atoms with Crippen molar-refractivity contribution in [2.75, 3.05) is 0 Å². The van der Waals surface area contributed by atoms with E-state index in [9.17, 15) is 30.0 Å². The summed E-state index contributed by atoms with van der Waals surface area (Å²) in [6.45, 7) is 0. The van der Waals surface area contributed by atoms with Gasteiger partial charge in [-0.2, -0.15) is 0 Å². The van der Waals surface area contributed by atoms with Crippen molar-refractivity contribution < 1.29 is 40.2 Å². The Hall–Kier alpha value is -4.20. The number of benzene rings is 3. The Balaban J connectivity index is 0.000000237. The molecule has 3 aromatic rings. The molecule has 8 heteroatoms. The molecule has 144 valence electrons. The minimum Gasteiger partial charge on any atom is -0.507 e. The second-order valence-corrected chi connectivity index (χ2v) is 5.51. The molecule has 8 nitrogen and oxygen atoms in total. The van der Waals surface area contributed by atoms with Crippen LogP contribution in [-0.4, -0.2) is 42.4 Å². The Morgan fingerprint density at radius 3 is 1.71 bits per heavy atom. The fraction of sp³-hybridized carbons (Fsp3) is 0. The highest BCUT2D eigenvalue weighted by Gasteiger charge is 2.21. The zero-order chi connectivity index (χ0) is 20.8. The lowest BCUT2D eigenvalue weighted by Gasteiger charge is -2.08. The van der Waals surface area contributed by atoms with Crippen molar-refractivity contribution in [1.29, 1.82) is 0 Å². The van der Waals surface area contributed by atoms with Gasteiger partial charge in [0.2, 0.25) is 11.5 Å². The van der Waals surface area contributed by atoms with Crippen LogP contribution in [0, 0.1) is 0 Å². The van der Waals surface area contributed by atoms with Gasteiger partial charge in [-0.1, -0.05) is 42.5 Å². The van der Waals surface area contributed by atoms with E-state index in [1.807, 2.05) is 0 Å². The molecule has 3 aromatic carbocycles. The molecule has 0 bridgehead atoms. The Morgan fingerprint density at radius 2 is 1.18 bits per heavy atom. The second-order valence-electron chi connectivity index (χ2n) is 5.51. The normalized spacial score (nSPS) is 9.86. The van der Waals surface area contributed by atoms with E-state index in [-0.39, 0.29) is 22.4 Å². The minimum absolute atomic E-state index is 0.0671.